The van der Waals surface area contributed by atoms with Gasteiger partial charge in [0.1, 0.15) is 0 Å². The zero-order valence-corrected chi connectivity index (χ0v) is 13.0. The van der Waals surface area contributed by atoms with Crippen LogP contribution in [0, 0.1) is 6.92 Å². The van der Waals surface area contributed by atoms with Gasteiger partial charge < -0.3 is 15.7 Å². The second kappa shape index (κ2) is 7.72. The van der Waals surface area contributed by atoms with E-state index in [2.05, 4.69) is 10.6 Å². The Bertz CT molecular complexity index is 641. The van der Waals surface area contributed by atoms with Crippen molar-refractivity contribution in [1.82, 2.24) is 10.6 Å². The Morgan fingerprint density at radius 1 is 1.23 bits per heavy atom. The van der Waals surface area contributed by atoms with Gasteiger partial charge in [-0.15, -0.1) is 0 Å². The van der Waals surface area contributed by atoms with Crippen LogP contribution >= 0.6 is 11.3 Å². The molecule has 0 saturated heterocycles. The molecule has 0 bridgehead atoms. The fourth-order valence-electron chi connectivity index (χ4n) is 1.94. The summed E-state index contributed by atoms with van der Waals surface area (Å²) in [6, 6.07) is 8.99. The van der Waals surface area contributed by atoms with Crippen LogP contribution in [-0.4, -0.2) is 30.0 Å². The van der Waals surface area contributed by atoms with Gasteiger partial charge in [0, 0.05) is 12.1 Å². The number of aliphatic hydroxyl groups excluding tert-OH is 1. The molecular weight excluding hydrogens is 300 g/mol. The van der Waals surface area contributed by atoms with E-state index in [-0.39, 0.29) is 24.9 Å². The van der Waals surface area contributed by atoms with Crippen molar-refractivity contribution >= 4 is 23.2 Å². The highest BCUT2D eigenvalue weighted by atomic mass is 32.1. The summed E-state index contributed by atoms with van der Waals surface area (Å²) in [7, 11) is 0. The first-order valence-electron chi connectivity index (χ1n) is 6.88. The largest absolute Gasteiger partial charge is 0.387 e. The monoisotopic (exact) mass is 318 g/mol. The fourth-order valence-corrected chi connectivity index (χ4v) is 2.65. The van der Waals surface area contributed by atoms with Crippen LogP contribution in [0.25, 0.3) is 0 Å². The first-order valence-corrected chi connectivity index (χ1v) is 7.83. The predicted molar refractivity (Wildman–Crippen MR) is 85.8 cm³/mol. The van der Waals surface area contributed by atoms with Crippen LogP contribution in [0.5, 0.6) is 0 Å². The van der Waals surface area contributed by atoms with E-state index in [1.54, 1.807) is 18.2 Å². The zero-order valence-electron chi connectivity index (χ0n) is 12.2. The Hall–Kier alpha value is -2.18. The van der Waals surface area contributed by atoms with E-state index in [4.69, 9.17) is 0 Å². The van der Waals surface area contributed by atoms with Crippen molar-refractivity contribution in [3.05, 3.63) is 57.8 Å². The molecule has 1 heterocycles. The third kappa shape index (κ3) is 4.41. The predicted octanol–water partition coefficient (Wildman–Crippen LogP) is 1.64. The molecule has 0 fully saturated rings. The van der Waals surface area contributed by atoms with Gasteiger partial charge in [0.25, 0.3) is 5.91 Å². The quantitative estimate of drug-likeness (QED) is 0.757. The molecule has 0 aliphatic heterocycles. The molecule has 22 heavy (non-hydrogen) atoms. The topological polar surface area (TPSA) is 78.4 Å². The first-order chi connectivity index (χ1) is 10.6. The van der Waals surface area contributed by atoms with Gasteiger partial charge in [-0.2, -0.15) is 11.3 Å². The molecule has 1 aromatic carbocycles. The van der Waals surface area contributed by atoms with E-state index in [9.17, 15) is 14.7 Å². The highest BCUT2D eigenvalue weighted by Gasteiger charge is 2.12. The van der Waals surface area contributed by atoms with Gasteiger partial charge in [-0.1, -0.05) is 18.2 Å². The highest BCUT2D eigenvalue weighted by Crippen LogP contribution is 2.14. The van der Waals surface area contributed by atoms with Crippen LogP contribution in [0.2, 0.25) is 0 Å². The molecule has 1 atom stereocenters. The van der Waals surface area contributed by atoms with Crippen LogP contribution in [0.4, 0.5) is 0 Å². The summed E-state index contributed by atoms with van der Waals surface area (Å²) in [5.41, 5.74) is 2.18. The van der Waals surface area contributed by atoms with Crippen LogP contribution in [0.1, 0.15) is 27.6 Å². The summed E-state index contributed by atoms with van der Waals surface area (Å²) in [5, 5.41) is 18.7. The number of aryl methyl sites for hydroxylation is 1. The molecular formula is C16H18N2O3S. The molecule has 2 aromatic rings. The van der Waals surface area contributed by atoms with E-state index < -0.39 is 6.10 Å². The highest BCUT2D eigenvalue weighted by molar-refractivity contribution is 7.07. The number of carbonyl (C=O) groups excluding carboxylic acids is 2. The SMILES string of the molecule is Cc1ccccc1C(=O)NCC(=O)NCC(O)c1ccsc1. The zero-order chi connectivity index (χ0) is 15.9. The lowest BCUT2D eigenvalue weighted by Gasteiger charge is -2.11. The summed E-state index contributed by atoms with van der Waals surface area (Å²) in [6.45, 7) is 1.84. The number of carbonyl (C=O) groups is 2. The smallest absolute Gasteiger partial charge is 0.251 e. The minimum absolute atomic E-state index is 0.121. The average molecular weight is 318 g/mol. The van der Waals surface area contributed by atoms with Gasteiger partial charge in [-0.3, -0.25) is 9.59 Å². The van der Waals surface area contributed by atoms with Crippen LogP contribution in [0.15, 0.2) is 41.1 Å². The molecule has 2 amide bonds. The summed E-state index contributed by atoms with van der Waals surface area (Å²) in [4.78, 5) is 23.7. The maximum atomic E-state index is 12.0. The van der Waals surface area contributed by atoms with E-state index in [0.717, 1.165) is 11.1 Å². The Balaban J connectivity index is 1.76. The van der Waals surface area contributed by atoms with Crippen molar-refractivity contribution in [2.45, 2.75) is 13.0 Å². The van der Waals surface area contributed by atoms with Crippen LogP contribution in [-0.2, 0) is 4.79 Å². The Morgan fingerprint density at radius 2 is 2.00 bits per heavy atom. The van der Waals surface area contributed by atoms with Gasteiger partial charge in [-0.25, -0.2) is 0 Å². The Labute approximate surface area is 133 Å². The van der Waals surface area contributed by atoms with Gasteiger partial charge in [0.05, 0.1) is 12.6 Å². The number of amides is 2. The molecule has 6 heteroatoms. The van der Waals surface area contributed by atoms with Crippen LogP contribution < -0.4 is 10.6 Å². The van der Waals surface area contributed by atoms with E-state index in [1.807, 2.05) is 29.8 Å². The maximum Gasteiger partial charge on any atom is 0.251 e. The molecule has 2 rings (SSSR count). The van der Waals surface area contributed by atoms with E-state index in [0.29, 0.717) is 5.56 Å². The van der Waals surface area contributed by atoms with Crippen LogP contribution in [0.3, 0.4) is 0 Å². The summed E-state index contributed by atoms with van der Waals surface area (Å²) >= 11 is 1.49. The second-order valence-corrected chi connectivity index (χ2v) is 5.65. The van der Waals surface area contributed by atoms with Gasteiger partial charge in [-0.05, 0) is 40.9 Å². The second-order valence-electron chi connectivity index (χ2n) is 4.87. The van der Waals surface area contributed by atoms with Crippen molar-refractivity contribution in [3.63, 3.8) is 0 Å². The molecule has 5 nitrogen and oxygen atoms in total. The summed E-state index contributed by atoms with van der Waals surface area (Å²) in [6.07, 6.45) is -0.734. The molecule has 0 saturated carbocycles. The number of hydrogen-bond donors (Lipinski definition) is 3. The Morgan fingerprint density at radius 3 is 2.68 bits per heavy atom. The van der Waals surface area contributed by atoms with Crippen molar-refractivity contribution < 1.29 is 14.7 Å². The van der Waals surface area contributed by atoms with Gasteiger partial charge in [0.2, 0.25) is 5.91 Å². The average Bonchev–Trinajstić information content (AvgIpc) is 3.05. The third-order valence-corrected chi connectivity index (χ3v) is 3.92. The van der Waals surface area contributed by atoms with Crippen molar-refractivity contribution in [2.24, 2.45) is 0 Å². The number of benzene rings is 1. The molecule has 3 N–H and O–H groups in total. The minimum atomic E-state index is -0.734. The fraction of sp³-hybridized carbons (Fsp3) is 0.250. The molecule has 0 aliphatic rings. The number of nitrogens with one attached hydrogen (secondary N) is 2. The Kier molecular flexibility index (Phi) is 5.68. The van der Waals surface area contributed by atoms with E-state index >= 15 is 0 Å². The van der Waals surface area contributed by atoms with E-state index in [1.165, 1.54) is 11.3 Å². The lowest BCUT2D eigenvalue weighted by atomic mass is 10.1. The maximum absolute atomic E-state index is 12.0. The molecule has 0 aliphatic carbocycles. The molecule has 1 aromatic heterocycles. The standard InChI is InChI=1S/C16H18N2O3S/c1-11-4-2-3-5-13(11)16(21)18-9-15(20)17-8-14(19)12-6-7-22-10-12/h2-7,10,14,19H,8-9H2,1H3,(H,17,20)(H,18,21). The van der Waals surface area contributed by atoms with Crippen molar-refractivity contribution in [3.8, 4) is 0 Å². The first kappa shape index (κ1) is 16.2. The van der Waals surface area contributed by atoms with Crippen molar-refractivity contribution in [2.75, 3.05) is 13.1 Å². The number of aliphatic hydroxyl groups is 1. The summed E-state index contributed by atoms with van der Waals surface area (Å²) < 4.78 is 0. The number of thiophene rings is 1. The molecule has 1 unspecified atom stereocenters. The number of rotatable bonds is 6. The van der Waals surface area contributed by atoms with Crippen molar-refractivity contribution in [1.29, 1.82) is 0 Å². The molecule has 0 spiro atoms. The molecule has 116 valence electrons. The normalized spacial score (nSPS) is 11.7. The lowest BCUT2D eigenvalue weighted by molar-refractivity contribution is -0.120. The van der Waals surface area contributed by atoms with Gasteiger partial charge in [0.15, 0.2) is 0 Å². The molecule has 0 radical (unpaired) electrons. The van der Waals surface area contributed by atoms with Gasteiger partial charge >= 0.3 is 0 Å². The lowest BCUT2D eigenvalue weighted by Crippen LogP contribution is -2.38. The number of hydrogen-bond acceptors (Lipinski definition) is 4. The summed E-state index contributed by atoms with van der Waals surface area (Å²) in [5.74, 6) is -0.622. The minimum Gasteiger partial charge on any atom is -0.387 e. The third-order valence-electron chi connectivity index (χ3n) is 3.22.